The van der Waals surface area contributed by atoms with Crippen LogP contribution < -0.4 is 4.97 Å². The van der Waals surface area contributed by atoms with Gasteiger partial charge in [-0.2, -0.15) is 10.4 Å². The van der Waals surface area contributed by atoms with E-state index in [1.165, 1.54) is 12.3 Å². The van der Waals surface area contributed by atoms with Gasteiger partial charge in [-0.1, -0.05) is 0 Å². The molecule has 0 aliphatic heterocycles. The maximum absolute atomic E-state index is 10.1. The third-order valence-electron chi connectivity index (χ3n) is 0.793. The van der Waals surface area contributed by atoms with E-state index in [4.69, 9.17) is 10.4 Å². The summed E-state index contributed by atoms with van der Waals surface area (Å²) in [6, 6.07) is 2.54. The van der Waals surface area contributed by atoms with Crippen molar-refractivity contribution in [3.8, 4) is 0 Å². The summed E-state index contributed by atoms with van der Waals surface area (Å²) in [7, 11) is 0. The molecule has 0 unspecified atom stereocenters. The molecule has 6 heteroatoms. The van der Waals surface area contributed by atoms with Crippen LogP contribution in [0.25, 0.3) is 0 Å². The van der Waals surface area contributed by atoms with E-state index >= 15 is 0 Å². The minimum absolute atomic E-state index is 0. The molecule has 0 aromatic carbocycles. The first kappa shape index (κ1) is 10.1. The van der Waals surface area contributed by atoms with Crippen LogP contribution in [0.15, 0.2) is 22.8 Å². The topological polar surface area (TPSA) is 76.7 Å². The summed E-state index contributed by atoms with van der Waals surface area (Å²) in [5.41, 5.74) is 0. The molecule has 1 aromatic rings. The molecule has 0 bridgehead atoms. The first-order chi connectivity index (χ1) is 4.11. The average molecular weight is 375 g/mol. The molecule has 0 aliphatic rings. The fraction of sp³-hybridized carbons (Fsp3) is 0. The van der Waals surface area contributed by atoms with Crippen molar-refractivity contribution in [2.75, 3.05) is 0 Å². The van der Waals surface area contributed by atoms with Crippen LogP contribution in [0.3, 0.4) is 0 Å². The monoisotopic (exact) mass is 369 g/mol. The van der Waals surface area contributed by atoms with Crippen molar-refractivity contribution in [1.82, 2.24) is 4.97 Å². The Hall–Kier alpha value is 0.107. The summed E-state index contributed by atoms with van der Waals surface area (Å²) in [4.78, 5) is -2.51. The van der Waals surface area contributed by atoms with Gasteiger partial charge in [-0.05, 0) is 11.0 Å². The van der Waals surface area contributed by atoms with Crippen molar-refractivity contribution in [2.45, 2.75) is 0 Å². The number of hydrogen-bond acceptors (Lipinski definition) is 4. The molecule has 0 saturated heterocycles. The fourth-order valence-corrected chi connectivity index (χ4v) is 0.436. The predicted octanol–water partition coefficient (Wildman–Crippen LogP) is 0.863. The molecule has 0 radical (unpaired) electrons. The number of nitrogens with zero attached hydrogens (tertiary/aromatic N) is 1. The molecule has 1 heterocycles. The van der Waals surface area contributed by atoms with Crippen molar-refractivity contribution in [2.24, 2.45) is 0 Å². The second-order valence-electron chi connectivity index (χ2n) is 1.50. The summed E-state index contributed by atoms with van der Waals surface area (Å²) < 4.78 is 4.36. The van der Waals surface area contributed by atoms with Crippen LogP contribution in [0, 0.1) is 34.4 Å². The second-order valence-corrected chi connectivity index (χ2v) is 1.50. The van der Waals surface area contributed by atoms with Gasteiger partial charge in [0.25, 0.3) is 0 Å². The largest absolute Gasteiger partial charge is 0.556 e. The van der Waals surface area contributed by atoms with E-state index in [0.29, 0.717) is 0 Å². The van der Waals surface area contributed by atoms with E-state index in [0.717, 1.165) is 6.07 Å². The van der Waals surface area contributed by atoms with E-state index in [2.05, 4.69) is 4.42 Å². The maximum Gasteiger partial charge on any atom is 0.364 e. The number of hydrogen-bond donors (Lipinski definition) is 2. The Kier molecular flexibility index (Phi) is 3.52. The number of furan rings is 1. The van der Waals surface area contributed by atoms with E-state index in [9.17, 15) is 5.21 Å². The Morgan fingerprint density at radius 2 is 2.10 bits per heavy atom. The minimum atomic E-state index is -2.51. The molecule has 56 valence electrons. The number of rotatable bonds is 1. The molecule has 0 amide bonds. The van der Waals surface area contributed by atoms with Gasteiger partial charge in [0.05, 0.1) is 6.26 Å². The van der Waals surface area contributed by atoms with Crippen LogP contribution in [0.5, 0.6) is 0 Å². The van der Waals surface area contributed by atoms with Gasteiger partial charge in [-0.3, -0.25) is 0 Å². The standard InChI is InChI=1S/C4H5NO4.Pu/c6-5(7,8)4-2-1-3-9-4;/h1-3,6-7H;. The van der Waals surface area contributed by atoms with Crippen molar-refractivity contribution in [3.63, 3.8) is 0 Å². The molecular formula is C4H5NO4Pu. The van der Waals surface area contributed by atoms with Crippen LogP contribution >= 0.6 is 0 Å². The smallest absolute Gasteiger partial charge is 0.364 e. The molecule has 5 nitrogen and oxygen atoms in total. The molecule has 0 aliphatic carbocycles. The van der Waals surface area contributed by atoms with Gasteiger partial charge in [0.15, 0.2) is 0 Å². The van der Waals surface area contributed by atoms with E-state index < -0.39 is 10.9 Å². The summed E-state index contributed by atoms with van der Waals surface area (Å²) in [5.74, 6) is -0.463. The molecule has 0 spiro atoms. The Balaban J connectivity index is 0.000000810. The molecule has 10 heavy (non-hydrogen) atoms. The van der Waals surface area contributed by atoms with Crippen LogP contribution in [-0.2, 0) is 0 Å². The zero-order chi connectivity index (χ0) is 6.91. The molecule has 2 N–H and O–H groups in total. The third kappa shape index (κ3) is 2.38. The van der Waals surface area contributed by atoms with E-state index in [-0.39, 0.29) is 29.2 Å². The molecule has 1 rings (SSSR count). The van der Waals surface area contributed by atoms with Crippen LogP contribution in [0.1, 0.15) is 0 Å². The van der Waals surface area contributed by atoms with Gasteiger partial charge in [0, 0.05) is 35.2 Å². The van der Waals surface area contributed by atoms with Gasteiger partial charge in [0.1, 0.15) is 0 Å². The Morgan fingerprint density at radius 3 is 2.30 bits per heavy atom. The van der Waals surface area contributed by atoms with Gasteiger partial charge in [0.2, 0.25) is 0 Å². The second kappa shape index (κ2) is 3.48. The zero-order valence-electron chi connectivity index (χ0n) is 4.80. The fourth-order valence-electron chi connectivity index (χ4n) is 0.436. The first-order valence-corrected chi connectivity index (χ1v) is 2.20. The van der Waals surface area contributed by atoms with E-state index in [1.807, 2.05) is 0 Å². The molecule has 0 atom stereocenters. The number of quaternary nitrogens is 1. The van der Waals surface area contributed by atoms with Crippen LogP contribution in [0.4, 0.5) is 5.88 Å². The average Bonchev–Trinajstić information content (AvgIpc) is 2.08. The summed E-state index contributed by atoms with van der Waals surface area (Å²) >= 11 is 0. The Labute approximate surface area is 78.5 Å². The van der Waals surface area contributed by atoms with Gasteiger partial charge < -0.3 is 9.62 Å². The van der Waals surface area contributed by atoms with Gasteiger partial charge >= 0.3 is 5.88 Å². The van der Waals surface area contributed by atoms with Crippen molar-refractivity contribution >= 4 is 5.88 Å². The van der Waals surface area contributed by atoms with Gasteiger partial charge in [-0.25, -0.2) is 0 Å². The summed E-state index contributed by atoms with van der Waals surface area (Å²) in [6.07, 6.45) is 1.17. The summed E-state index contributed by atoms with van der Waals surface area (Å²) in [6.45, 7) is 0. The first-order valence-electron chi connectivity index (χ1n) is 2.20. The van der Waals surface area contributed by atoms with Crippen molar-refractivity contribution < 1.29 is 44.0 Å². The third-order valence-corrected chi connectivity index (χ3v) is 0.793. The van der Waals surface area contributed by atoms with Gasteiger partial charge in [-0.15, -0.1) is 0 Å². The zero-order valence-corrected chi connectivity index (χ0v) is 8.20. The SMILES string of the molecule is [O-][N+](O)(O)c1ccco1.[Pu]. The van der Waals surface area contributed by atoms with Crippen molar-refractivity contribution in [3.05, 3.63) is 23.6 Å². The maximum atomic E-state index is 10.1. The summed E-state index contributed by atoms with van der Waals surface area (Å²) in [5, 5.41) is 26.6. The molecular weight excluding hydrogens is 370 g/mol. The van der Waals surface area contributed by atoms with E-state index in [1.54, 1.807) is 0 Å². The molecule has 0 saturated carbocycles. The predicted molar refractivity (Wildman–Crippen MR) is 27.4 cm³/mol. The van der Waals surface area contributed by atoms with Crippen LogP contribution in [-0.4, -0.2) is 10.4 Å². The normalized spacial score (nSPS) is 10.7. The Morgan fingerprint density at radius 1 is 1.50 bits per heavy atom. The minimum Gasteiger partial charge on any atom is -0.556 e. The molecule has 0 fully saturated rings. The van der Waals surface area contributed by atoms with Crippen molar-refractivity contribution in [1.29, 1.82) is 0 Å². The van der Waals surface area contributed by atoms with Crippen LogP contribution in [0.2, 0.25) is 0 Å². The Bertz CT molecular complexity index is 180. The quantitative estimate of drug-likeness (QED) is 0.564. The molecule has 1 aromatic heterocycles.